The molecule has 0 radical (unpaired) electrons. The van der Waals surface area contributed by atoms with Crippen molar-refractivity contribution >= 4 is 22.5 Å². The van der Waals surface area contributed by atoms with Crippen LogP contribution < -0.4 is 4.90 Å². The predicted octanol–water partition coefficient (Wildman–Crippen LogP) is 1.89. The number of benzene rings is 1. The van der Waals surface area contributed by atoms with E-state index in [1.807, 2.05) is 35.0 Å². The first kappa shape index (κ1) is 16.2. The van der Waals surface area contributed by atoms with Crippen molar-refractivity contribution in [1.82, 2.24) is 34.4 Å². The van der Waals surface area contributed by atoms with Gasteiger partial charge in [-0.25, -0.2) is 9.97 Å². The van der Waals surface area contributed by atoms with Crippen LogP contribution in [0.4, 0.5) is 5.82 Å². The molecule has 27 heavy (non-hydrogen) atoms. The number of aryl methyl sites for hydroxylation is 1. The molecule has 8 nitrogen and oxygen atoms in total. The molecule has 1 fully saturated rings. The molecule has 0 unspecified atom stereocenters. The third kappa shape index (κ3) is 2.91. The summed E-state index contributed by atoms with van der Waals surface area (Å²) >= 11 is 0. The highest BCUT2D eigenvalue weighted by atomic mass is 15.3. The number of imidazole rings is 1. The minimum absolute atomic E-state index is 0.838. The van der Waals surface area contributed by atoms with E-state index in [2.05, 4.69) is 43.0 Å². The number of rotatable bonds is 4. The molecule has 1 aliphatic rings. The molecule has 1 N–H and O–H groups in total. The van der Waals surface area contributed by atoms with Crippen LogP contribution in [-0.2, 0) is 13.0 Å². The van der Waals surface area contributed by atoms with Crippen molar-refractivity contribution in [1.29, 1.82) is 0 Å². The van der Waals surface area contributed by atoms with Gasteiger partial charge in [-0.1, -0.05) is 19.1 Å². The fourth-order valence-corrected chi connectivity index (χ4v) is 3.74. The average Bonchev–Trinajstić information content (AvgIpc) is 3.31. The first-order chi connectivity index (χ1) is 13.3. The highest BCUT2D eigenvalue weighted by Gasteiger charge is 2.22. The lowest BCUT2D eigenvalue weighted by Crippen LogP contribution is -2.46. The molecular weight excluding hydrogens is 340 g/mol. The van der Waals surface area contributed by atoms with Crippen LogP contribution in [0.2, 0.25) is 0 Å². The van der Waals surface area contributed by atoms with E-state index in [4.69, 9.17) is 4.98 Å². The summed E-state index contributed by atoms with van der Waals surface area (Å²) < 4.78 is 2.04. The molecule has 0 amide bonds. The Hall–Kier alpha value is -3.00. The normalized spacial score (nSPS) is 15.8. The SMILES string of the molecule is CCc1nnc2c(N3CCN(Cc4nc5ccccc5[nH]4)CC3)nccn12. The lowest BCUT2D eigenvalue weighted by atomic mass is 10.3. The second-order valence-electron chi connectivity index (χ2n) is 6.88. The quantitative estimate of drug-likeness (QED) is 0.597. The Morgan fingerprint density at radius 3 is 2.74 bits per heavy atom. The van der Waals surface area contributed by atoms with Gasteiger partial charge in [0, 0.05) is 45.0 Å². The van der Waals surface area contributed by atoms with E-state index in [-0.39, 0.29) is 0 Å². The van der Waals surface area contributed by atoms with E-state index in [1.165, 1.54) is 0 Å². The summed E-state index contributed by atoms with van der Waals surface area (Å²) in [6.07, 6.45) is 4.64. The smallest absolute Gasteiger partial charge is 0.203 e. The number of para-hydroxylation sites is 2. The summed E-state index contributed by atoms with van der Waals surface area (Å²) in [5.41, 5.74) is 2.97. The summed E-state index contributed by atoms with van der Waals surface area (Å²) in [5, 5.41) is 8.64. The first-order valence-electron chi connectivity index (χ1n) is 9.41. The van der Waals surface area contributed by atoms with E-state index in [0.29, 0.717) is 0 Å². The van der Waals surface area contributed by atoms with Crippen molar-refractivity contribution in [3.8, 4) is 0 Å². The number of anilines is 1. The Labute approximate surface area is 156 Å². The third-order valence-corrected chi connectivity index (χ3v) is 5.18. The van der Waals surface area contributed by atoms with Crippen molar-refractivity contribution in [3.05, 3.63) is 48.3 Å². The number of nitrogens with zero attached hydrogens (tertiary/aromatic N) is 7. The van der Waals surface area contributed by atoms with Gasteiger partial charge in [0.1, 0.15) is 11.6 Å². The molecule has 4 heterocycles. The van der Waals surface area contributed by atoms with Crippen LogP contribution in [0.1, 0.15) is 18.6 Å². The van der Waals surface area contributed by atoms with Gasteiger partial charge in [-0.15, -0.1) is 10.2 Å². The number of piperazine rings is 1. The van der Waals surface area contributed by atoms with Gasteiger partial charge in [-0.05, 0) is 12.1 Å². The van der Waals surface area contributed by atoms with Gasteiger partial charge in [-0.2, -0.15) is 0 Å². The highest BCUT2D eigenvalue weighted by Crippen LogP contribution is 2.20. The molecule has 0 aliphatic carbocycles. The van der Waals surface area contributed by atoms with E-state index < -0.39 is 0 Å². The Morgan fingerprint density at radius 2 is 1.93 bits per heavy atom. The maximum atomic E-state index is 4.69. The molecule has 0 atom stereocenters. The van der Waals surface area contributed by atoms with Crippen molar-refractivity contribution in [2.24, 2.45) is 0 Å². The molecule has 0 bridgehead atoms. The number of hydrogen-bond acceptors (Lipinski definition) is 6. The average molecular weight is 362 g/mol. The fourth-order valence-electron chi connectivity index (χ4n) is 3.74. The van der Waals surface area contributed by atoms with Crippen molar-refractivity contribution < 1.29 is 0 Å². The summed E-state index contributed by atoms with van der Waals surface area (Å²) in [6.45, 7) is 6.70. The maximum absolute atomic E-state index is 4.69. The van der Waals surface area contributed by atoms with Gasteiger partial charge in [0.2, 0.25) is 5.65 Å². The Balaban J connectivity index is 1.29. The number of hydrogen-bond donors (Lipinski definition) is 1. The summed E-state index contributed by atoms with van der Waals surface area (Å²) in [6, 6.07) is 8.17. The minimum atomic E-state index is 0.838. The van der Waals surface area contributed by atoms with E-state index >= 15 is 0 Å². The van der Waals surface area contributed by atoms with Gasteiger partial charge in [0.05, 0.1) is 17.6 Å². The molecule has 138 valence electrons. The standard InChI is InChI=1S/C19H22N8/c1-2-17-23-24-19-18(20-7-8-27(17)19)26-11-9-25(10-12-26)13-16-21-14-5-3-4-6-15(14)22-16/h3-8H,2,9-13H2,1H3,(H,21,22). The van der Waals surface area contributed by atoms with E-state index in [0.717, 1.165) is 73.3 Å². The third-order valence-electron chi connectivity index (χ3n) is 5.18. The largest absolute Gasteiger partial charge is 0.351 e. The van der Waals surface area contributed by atoms with Gasteiger partial charge < -0.3 is 9.88 Å². The fraction of sp³-hybridized carbons (Fsp3) is 0.368. The van der Waals surface area contributed by atoms with Crippen LogP contribution in [0.5, 0.6) is 0 Å². The van der Waals surface area contributed by atoms with Crippen molar-refractivity contribution in [3.63, 3.8) is 0 Å². The number of aromatic amines is 1. The number of aromatic nitrogens is 6. The highest BCUT2D eigenvalue weighted by molar-refractivity contribution is 5.74. The molecule has 3 aromatic heterocycles. The number of nitrogens with one attached hydrogen (secondary N) is 1. The zero-order valence-corrected chi connectivity index (χ0v) is 15.3. The first-order valence-corrected chi connectivity index (χ1v) is 9.41. The van der Waals surface area contributed by atoms with Gasteiger partial charge in [0.15, 0.2) is 5.82 Å². The monoisotopic (exact) mass is 362 g/mol. The van der Waals surface area contributed by atoms with Crippen LogP contribution >= 0.6 is 0 Å². The Kier molecular flexibility index (Phi) is 3.97. The van der Waals surface area contributed by atoms with Crippen LogP contribution in [-0.4, -0.2) is 60.6 Å². The van der Waals surface area contributed by atoms with Crippen molar-refractivity contribution in [2.75, 3.05) is 31.1 Å². The lowest BCUT2D eigenvalue weighted by Gasteiger charge is -2.34. The molecule has 0 spiro atoms. The molecule has 5 rings (SSSR count). The molecule has 0 saturated carbocycles. The van der Waals surface area contributed by atoms with Crippen LogP contribution in [0, 0.1) is 0 Å². The Morgan fingerprint density at radius 1 is 1.07 bits per heavy atom. The molecule has 1 aliphatic heterocycles. The van der Waals surface area contributed by atoms with Crippen LogP contribution in [0.25, 0.3) is 16.7 Å². The van der Waals surface area contributed by atoms with Crippen LogP contribution in [0.3, 0.4) is 0 Å². The molecule has 8 heteroatoms. The second-order valence-corrected chi connectivity index (χ2v) is 6.88. The van der Waals surface area contributed by atoms with E-state index in [1.54, 1.807) is 0 Å². The van der Waals surface area contributed by atoms with Crippen molar-refractivity contribution in [2.45, 2.75) is 19.9 Å². The van der Waals surface area contributed by atoms with Gasteiger partial charge >= 0.3 is 0 Å². The van der Waals surface area contributed by atoms with Gasteiger partial charge in [-0.3, -0.25) is 9.30 Å². The minimum Gasteiger partial charge on any atom is -0.351 e. The summed E-state index contributed by atoms with van der Waals surface area (Å²) in [4.78, 5) is 17.4. The molecule has 1 aromatic carbocycles. The number of fused-ring (bicyclic) bond motifs is 2. The zero-order valence-electron chi connectivity index (χ0n) is 15.3. The topological polar surface area (TPSA) is 78.2 Å². The Bertz CT molecular complexity index is 1040. The maximum Gasteiger partial charge on any atom is 0.203 e. The second kappa shape index (κ2) is 6.62. The van der Waals surface area contributed by atoms with E-state index in [9.17, 15) is 0 Å². The number of H-pyrrole nitrogens is 1. The van der Waals surface area contributed by atoms with Crippen LogP contribution in [0.15, 0.2) is 36.7 Å². The predicted molar refractivity (Wildman–Crippen MR) is 104 cm³/mol. The molecular formula is C19H22N8. The summed E-state index contributed by atoms with van der Waals surface area (Å²) in [7, 11) is 0. The molecule has 1 saturated heterocycles. The molecule has 4 aromatic rings. The summed E-state index contributed by atoms with van der Waals surface area (Å²) in [5.74, 6) is 2.92. The lowest BCUT2D eigenvalue weighted by molar-refractivity contribution is 0.244. The van der Waals surface area contributed by atoms with Gasteiger partial charge in [0.25, 0.3) is 0 Å². The zero-order chi connectivity index (χ0) is 18.2.